The molecule has 1 fully saturated rings. The highest BCUT2D eigenvalue weighted by Gasteiger charge is 2.31. The zero-order valence-corrected chi connectivity index (χ0v) is 14.1. The van der Waals surface area contributed by atoms with Crippen LogP contribution in [0.3, 0.4) is 0 Å². The highest BCUT2D eigenvalue weighted by atomic mass is 32.1. The van der Waals surface area contributed by atoms with Crippen LogP contribution in [0.4, 0.5) is 10.9 Å². The third-order valence-corrected chi connectivity index (χ3v) is 5.51. The average Bonchev–Trinajstić information content (AvgIpc) is 3.08. The van der Waals surface area contributed by atoms with E-state index in [9.17, 15) is 0 Å². The van der Waals surface area contributed by atoms with Crippen LogP contribution in [-0.2, 0) is 7.05 Å². The van der Waals surface area contributed by atoms with Gasteiger partial charge in [-0.15, -0.1) is 0 Å². The molecule has 1 N–H and O–H groups in total. The first-order valence-corrected chi connectivity index (χ1v) is 8.47. The van der Waals surface area contributed by atoms with Crippen LogP contribution in [0.25, 0.3) is 10.3 Å². The van der Waals surface area contributed by atoms with Crippen molar-refractivity contribution in [1.29, 1.82) is 0 Å². The van der Waals surface area contributed by atoms with Gasteiger partial charge in [-0.25, -0.2) is 14.3 Å². The number of nitrogens with zero attached hydrogens (tertiary/aromatic N) is 5. The van der Waals surface area contributed by atoms with Crippen molar-refractivity contribution in [2.45, 2.75) is 39.7 Å². The monoisotopic (exact) mass is 316 g/mol. The fourth-order valence-corrected chi connectivity index (χ4v) is 3.86. The zero-order valence-electron chi connectivity index (χ0n) is 13.3. The predicted octanol–water partition coefficient (Wildman–Crippen LogP) is 3.56. The Morgan fingerprint density at radius 2 is 2.14 bits per heavy atom. The zero-order chi connectivity index (χ0) is 15.4. The number of fused-ring (bicyclic) bond motifs is 1. The molecule has 0 aliphatic heterocycles. The van der Waals surface area contributed by atoms with Crippen molar-refractivity contribution in [3.8, 4) is 0 Å². The SMILES string of the molecule is Cc1cnn([C@H](C)C2CC2)c1Nc1nc2c(s1)c(C)nn2C. The molecule has 7 heteroatoms. The van der Waals surface area contributed by atoms with E-state index in [0.29, 0.717) is 6.04 Å². The number of hydrogen-bond acceptors (Lipinski definition) is 5. The number of hydrogen-bond donors (Lipinski definition) is 1. The summed E-state index contributed by atoms with van der Waals surface area (Å²) >= 11 is 1.65. The van der Waals surface area contributed by atoms with Crippen molar-refractivity contribution >= 4 is 32.6 Å². The van der Waals surface area contributed by atoms with Crippen LogP contribution in [0.2, 0.25) is 0 Å². The summed E-state index contributed by atoms with van der Waals surface area (Å²) in [5.74, 6) is 1.82. The van der Waals surface area contributed by atoms with Gasteiger partial charge in [-0.05, 0) is 39.5 Å². The molecule has 0 unspecified atom stereocenters. The summed E-state index contributed by atoms with van der Waals surface area (Å²) in [6.45, 7) is 6.36. The normalized spacial score (nSPS) is 16.4. The molecule has 0 bridgehead atoms. The largest absolute Gasteiger partial charge is 0.316 e. The minimum Gasteiger partial charge on any atom is -0.316 e. The van der Waals surface area contributed by atoms with Gasteiger partial charge < -0.3 is 5.32 Å². The lowest BCUT2D eigenvalue weighted by molar-refractivity contribution is 0.445. The van der Waals surface area contributed by atoms with Crippen LogP contribution in [-0.4, -0.2) is 24.5 Å². The topological polar surface area (TPSA) is 60.6 Å². The minimum absolute atomic E-state index is 0.439. The second-order valence-corrected chi connectivity index (χ2v) is 7.20. The van der Waals surface area contributed by atoms with Crippen molar-refractivity contribution in [2.75, 3.05) is 5.32 Å². The van der Waals surface area contributed by atoms with Crippen LogP contribution in [0.15, 0.2) is 6.20 Å². The van der Waals surface area contributed by atoms with E-state index in [2.05, 4.69) is 39.0 Å². The summed E-state index contributed by atoms with van der Waals surface area (Å²) in [5.41, 5.74) is 3.12. The van der Waals surface area contributed by atoms with Crippen molar-refractivity contribution in [3.05, 3.63) is 17.5 Å². The van der Waals surface area contributed by atoms with Crippen LogP contribution in [0.5, 0.6) is 0 Å². The number of nitrogens with one attached hydrogen (secondary N) is 1. The van der Waals surface area contributed by atoms with Gasteiger partial charge in [0.15, 0.2) is 10.8 Å². The number of anilines is 2. The summed E-state index contributed by atoms with van der Waals surface area (Å²) in [4.78, 5) is 4.68. The molecule has 4 rings (SSSR count). The quantitative estimate of drug-likeness (QED) is 0.799. The number of aryl methyl sites for hydroxylation is 3. The van der Waals surface area contributed by atoms with Crippen LogP contribution in [0.1, 0.15) is 37.1 Å². The molecule has 116 valence electrons. The summed E-state index contributed by atoms with van der Waals surface area (Å²) < 4.78 is 5.09. The van der Waals surface area contributed by atoms with Gasteiger partial charge in [-0.2, -0.15) is 10.2 Å². The van der Waals surface area contributed by atoms with Gasteiger partial charge in [-0.3, -0.25) is 0 Å². The summed E-state index contributed by atoms with van der Waals surface area (Å²) in [7, 11) is 1.93. The maximum Gasteiger partial charge on any atom is 0.191 e. The fraction of sp³-hybridized carbons (Fsp3) is 0.533. The average molecular weight is 316 g/mol. The van der Waals surface area contributed by atoms with Gasteiger partial charge in [0.05, 0.1) is 22.6 Å². The Morgan fingerprint density at radius 1 is 1.36 bits per heavy atom. The molecule has 0 amide bonds. The van der Waals surface area contributed by atoms with E-state index < -0.39 is 0 Å². The van der Waals surface area contributed by atoms with Crippen LogP contribution >= 0.6 is 11.3 Å². The Labute approximate surface area is 133 Å². The van der Waals surface area contributed by atoms with Crippen molar-refractivity contribution in [1.82, 2.24) is 24.5 Å². The third kappa shape index (κ3) is 2.11. The standard InChI is InChI=1S/C15H20N6S/c1-8-7-16-21(10(3)11-5-6-11)13(8)17-15-18-14-12(22-15)9(2)19-20(14)4/h7,10-11H,5-6H2,1-4H3,(H,17,18)/t10-/m1/s1. The van der Waals surface area contributed by atoms with Crippen molar-refractivity contribution in [2.24, 2.45) is 13.0 Å². The third-order valence-electron chi connectivity index (χ3n) is 4.44. The fourth-order valence-electron chi connectivity index (χ4n) is 2.93. The smallest absolute Gasteiger partial charge is 0.191 e. The molecule has 0 spiro atoms. The van der Waals surface area contributed by atoms with E-state index in [1.165, 1.54) is 12.8 Å². The highest BCUT2D eigenvalue weighted by Crippen LogP contribution is 2.41. The summed E-state index contributed by atoms with van der Waals surface area (Å²) in [5, 5.41) is 13.3. The van der Waals surface area contributed by atoms with Crippen molar-refractivity contribution in [3.63, 3.8) is 0 Å². The first-order valence-electron chi connectivity index (χ1n) is 7.66. The van der Waals surface area contributed by atoms with Gasteiger partial charge in [0.1, 0.15) is 5.82 Å². The lowest BCUT2D eigenvalue weighted by Crippen LogP contribution is -2.12. The maximum absolute atomic E-state index is 4.68. The Morgan fingerprint density at radius 3 is 2.82 bits per heavy atom. The van der Waals surface area contributed by atoms with E-state index in [1.807, 2.05) is 24.9 Å². The predicted molar refractivity (Wildman–Crippen MR) is 88.8 cm³/mol. The lowest BCUT2D eigenvalue weighted by Gasteiger charge is -2.15. The van der Waals surface area contributed by atoms with E-state index >= 15 is 0 Å². The second-order valence-electron chi connectivity index (χ2n) is 6.20. The Bertz CT molecular complexity index is 803. The molecule has 22 heavy (non-hydrogen) atoms. The molecule has 1 saturated carbocycles. The summed E-state index contributed by atoms with van der Waals surface area (Å²) in [6, 6.07) is 0.439. The van der Waals surface area contributed by atoms with Crippen LogP contribution < -0.4 is 5.32 Å². The van der Waals surface area contributed by atoms with E-state index in [-0.39, 0.29) is 0 Å². The molecule has 3 aromatic heterocycles. The number of thiazole rings is 1. The maximum atomic E-state index is 4.68. The molecular formula is C15H20N6S. The summed E-state index contributed by atoms with van der Waals surface area (Å²) in [6.07, 6.45) is 4.55. The minimum atomic E-state index is 0.439. The molecule has 0 aromatic carbocycles. The molecule has 6 nitrogen and oxygen atoms in total. The Kier molecular flexibility index (Phi) is 3.00. The first kappa shape index (κ1) is 13.8. The van der Waals surface area contributed by atoms with Gasteiger partial charge in [0.25, 0.3) is 0 Å². The second kappa shape index (κ2) is 4.81. The molecule has 0 radical (unpaired) electrons. The van der Waals surface area contributed by atoms with Crippen molar-refractivity contribution < 1.29 is 0 Å². The van der Waals surface area contributed by atoms with Gasteiger partial charge in [0, 0.05) is 12.6 Å². The highest BCUT2D eigenvalue weighted by molar-refractivity contribution is 7.22. The molecule has 1 aliphatic carbocycles. The van der Waals surface area contributed by atoms with Crippen LogP contribution in [0, 0.1) is 19.8 Å². The molecule has 3 aromatic rings. The Balaban J connectivity index is 1.69. The molecule has 1 aliphatic rings. The van der Waals surface area contributed by atoms with E-state index in [4.69, 9.17) is 0 Å². The molecule has 3 heterocycles. The molecule has 1 atom stereocenters. The number of aromatic nitrogens is 5. The Hall–Kier alpha value is -1.89. The van der Waals surface area contributed by atoms with Gasteiger partial charge in [-0.1, -0.05) is 11.3 Å². The lowest BCUT2D eigenvalue weighted by atomic mass is 10.2. The molecular weight excluding hydrogens is 296 g/mol. The van der Waals surface area contributed by atoms with E-state index in [1.54, 1.807) is 11.3 Å². The number of rotatable bonds is 4. The van der Waals surface area contributed by atoms with Gasteiger partial charge >= 0.3 is 0 Å². The molecule has 0 saturated heterocycles. The van der Waals surface area contributed by atoms with E-state index in [0.717, 1.165) is 38.5 Å². The first-order chi connectivity index (χ1) is 10.5. The van der Waals surface area contributed by atoms with Gasteiger partial charge in [0.2, 0.25) is 0 Å².